The largest absolute Gasteiger partial charge is 0.326 e. The number of rotatable bonds is 3. The molecule has 0 atom stereocenters. The van der Waals surface area contributed by atoms with Gasteiger partial charge in [0.25, 0.3) is 0 Å². The molecule has 1 N–H and O–H groups in total. The van der Waals surface area contributed by atoms with Crippen molar-refractivity contribution in [1.29, 1.82) is 0 Å². The molecule has 0 aromatic heterocycles. The van der Waals surface area contributed by atoms with Crippen LogP contribution in [0.4, 0.5) is 5.69 Å². The molecule has 2 aromatic carbocycles. The average Bonchev–Trinajstić information content (AvgIpc) is 2.91. The number of fused-ring (bicyclic) bond motifs is 1. The first-order valence-electron chi connectivity index (χ1n) is 6.79. The minimum atomic E-state index is 0.0556. The van der Waals surface area contributed by atoms with Gasteiger partial charge in [-0.2, -0.15) is 0 Å². The molecule has 20 heavy (non-hydrogen) atoms. The molecule has 3 rings (SSSR count). The second-order valence-corrected chi connectivity index (χ2v) is 5.76. The van der Waals surface area contributed by atoms with Crippen molar-refractivity contribution >= 4 is 27.5 Å². The third-order valence-electron chi connectivity index (χ3n) is 3.77. The summed E-state index contributed by atoms with van der Waals surface area (Å²) in [5.74, 6) is 0.174. The standard InChI is InChI=1S/C17H16BrNO/c18-11-12-4-3-7-16(8-12)19-17(20)15-9-13-5-1-2-6-14(13)10-15/h1-8,15H,9-11H2,(H,19,20). The van der Waals surface area contributed by atoms with E-state index in [9.17, 15) is 4.79 Å². The molecule has 1 aliphatic carbocycles. The van der Waals surface area contributed by atoms with E-state index in [1.54, 1.807) is 0 Å². The molecular formula is C17H16BrNO. The Balaban J connectivity index is 1.69. The van der Waals surface area contributed by atoms with Crippen LogP contribution in [0.2, 0.25) is 0 Å². The highest BCUT2D eigenvalue weighted by molar-refractivity contribution is 9.08. The quantitative estimate of drug-likeness (QED) is 0.849. The Kier molecular flexibility index (Phi) is 3.88. The summed E-state index contributed by atoms with van der Waals surface area (Å²) in [6.07, 6.45) is 1.69. The van der Waals surface area contributed by atoms with Crippen LogP contribution >= 0.6 is 15.9 Å². The third kappa shape index (κ3) is 2.78. The summed E-state index contributed by atoms with van der Waals surface area (Å²) in [5.41, 5.74) is 4.66. The Hall–Kier alpha value is -1.61. The monoisotopic (exact) mass is 329 g/mol. The van der Waals surface area contributed by atoms with E-state index in [1.165, 1.54) is 11.1 Å². The van der Waals surface area contributed by atoms with Crippen LogP contribution in [0, 0.1) is 5.92 Å². The van der Waals surface area contributed by atoms with Crippen LogP contribution < -0.4 is 5.32 Å². The van der Waals surface area contributed by atoms with Gasteiger partial charge < -0.3 is 5.32 Å². The van der Waals surface area contributed by atoms with Crippen molar-refractivity contribution in [2.24, 2.45) is 5.92 Å². The summed E-state index contributed by atoms with van der Waals surface area (Å²) in [7, 11) is 0. The van der Waals surface area contributed by atoms with E-state index in [4.69, 9.17) is 0 Å². The normalized spacial score (nSPS) is 14.1. The average molecular weight is 330 g/mol. The van der Waals surface area contributed by atoms with Crippen molar-refractivity contribution in [3.63, 3.8) is 0 Å². The molecule has 0 radical (unpaired) electrons. The van der Waals surface area contributed by atoms with Crippen LogP contribution in [-0.4, -0.2) is 5.91 Å². The number of alkyl halides is 1. The van der Waals surface area contributed by atoms with Crippen LogP contribution in [0.1, 0.15) is 16.7 Å². The molecule has 0 aliphatic heterocycles. The van der Waals surface area contributed by atoms with Gasteiger partial charge >= 0.3 is 0 Å². The second-order valence-electron chi connectivity index (χ2n) is 5.20. The maximum atomic E-state index is 12.4. The topological polar surface area (TPSA) is 29.1 Å². The van der Waals surface area contributed by atoms with Gasteiger partial charge in [0.1, 0.15) is 0 Å². The molecule has 102 valence electrons. The maximum absolute atomic E-state index is 12.4. The van der Waals surface area contributed by atoms with E-state index >= 15 is 0 Å². The highest BCUT2D eigenvalue weighted by atomic mass is 79.9. The van der Waals surface area contributed by atoms with Gasteiger partial charge in [-0.1, -0.05) is 52.3 Å². The van der Waals surface area contributed by atoms with E-state index in [-0.39, 0.29) is 11.8 Å². The minimum absolute atomic E-state index is 0.0556. The smallest absolute Gasteiger partial charge is 0.228 e. The Morgan fingerprint density at radius 2 is 1.80 bits per heavy atom. The van der Waals surface area contributed by atoms with Crippen LogP contribution in [0.25, 0.3) is 0 Å². The summed E-state index contributed by atoms with van der Waals surface area (Å²) < 4.78 is 0. The van der Waals surface area contributed by atoms with Crippen molar-refractivity contribution in [2.45, 2.75) is 18.2 Å². The number of amides is 1. The molecule has 0 heterocycles. The van der Waals surface area contributed by atoms with Gasteiger partial charge in [0.15, 0.2) is 0 Å². The lowest BCUT2D eigenvalue weighted by atomic mass is 10.1. The first kappa shape index (κ1) is 13.4. The summed E-state index contributed by atoms with van der Waals surface area (Å²) in [6.45, 7) is 0. The number of carbonyl (C=O) groups is 1. The van der Waals surface area contributed by atoms with E-state index in [0.717, 1.165) is 29.4 Å². The number of halogens is 1. The van der Waals surface area contributed by atoms with Crippen molar-refractivity contribution in [1.82, 2.24) is 0 Å². The van der Waals surface area contributed by atoms with Crippen molar-refractivity contribution < 1.29 is 4.79 Å². The molecule has 0 saturated carbocycles. The lowest BCUT2D eigenvalue weighted by Crippen LogP contribution is -2.23. The number of benzene rings is 2. The highest BCUT2D eigenvalue weighted by Gasteiger charge is 2.26. The van der Waals surface area contributed by atoms with Crippen LogP contribution in [-0.2, 0) is 23.0 Å². The predicted molar refractivity (Wildman–Crippen MR) is 85.0 cm³/mol. The van der Waals surface area contributed by atoms with Crippen LogP contribution in [0.3, 0.4) is 0 Å². The lowest BCUT2D eigenvalue weighted by molar-refractivity contribution is -0.119. The van der Waals surface area contributed by atoms with Gasteiger partial charge in [-0.05, 0) is 41.7 Å². The molecule has 1 amide bonds. The zero-order chi connectivity index (χ0) is 13.9. The van der Waals surface area contributed by atoms with Gasteiger partial charge in [-0.3, -0.25) is 4.79 Å². The summed E-state index contributed by atoms with van der Waals surface area (Å²) in [4.78, 5) is 12.4. The molecule has 2 aromatic rings. The SMILES string of the molecule is O=C(Nc1cccc(CBr)c1)C1Cc2ccccc2C1. The zero-order valence-electron chi connectivity index (χ0n) is 11.1. The predicted octanol–water partition coefficient (Wildman–Crippen LogP) is 3.94. The number of nitrogens with one attached hydrogen (secondary N) is 1. The first-order valence-corrected chi connectivity index (χ1v) is 7.91. The molecule has 0 unspecified atom stereocenters. The number of hydrogen-bond acceptors (Lipinski definition) is 1. The third-order valence-corrected chi connectivity index (χ3v) is 4.42. The number of hydrogen-bond donors (Lipinski definition) is 1. The van der Waals surface area contributed by atoms with E-state index in [2.05, 4.69) is 33.4 Å². The van der Waals surface area contributed by atoms with Crippen molar-refractivity contribution in [2.75, 3.05) is 5.32 Å². The molecule has 3 heteroatoms. The fourth-order valence-corrected chi connectivity index (χ4v) is 3.07. The van der Waals surface area contributed by atoms with Gasteiger partial charge in [-0.25, -0.2) is 0 Å². The van der Waals surface area contributed by atoms with Gasteiger partial charge in [0, 0.05) is 16.9 Å². The highest BCUT2D eigenvalue weighted by Crippen LogP contribution is 2.27. The van der Waals surface area contributed by atoms with Gasteiger partial charge in [0.05, 0.1) is 0 Å². The Morgan fingerprint density at radius 1 is 1.10 bits per heavy atom. The Labute approximate surface area is 127 Å². The molecular weight excluding hydrogens is 314 g/mol. The van der Waals surface area contributed by atoms with Crippen molar-refractivity contribution in [3.8, 4) is 0 Å². The lowest BCUT2D eigenvalue weighted by Gasteiger charge is -2.11. The molecule has 1 aliphatic rings. The molecule has 0 saturated heterocycles. The van der Waals surface area contributed by atoms with Crippen molar-refractivity contribution in [3.05, 3.63) is 65.2 Å². The van der Waals surface area contributed by atoms with E-state index < -0.39 is 0 Å². The first-order chi connectivity index (χ1) is 9.76. The summed E-state index contributed by atoms with van der Waals surface area (Å²) in [6, 6.07) is 16.3. The minimum Gasteiger partial charge on any atom is -0.326 e. The number of carbonyl (C=O) groups excluding carboxylic acids is 1. The number of anilines is 1. The molecule has 2 nitrogen and oxygen atoms in total. The Bertz CT molecular complexity index is 613. The van der Waals surface area contributed by atoms with Crippen LogP contribution in [0.5, 0.6) is 0 Å². The van der Waals surface area contributed by atoms with E-state index in [0.29, 0.717) is 0 Å². The van der Waals surface area contributed by atoms with Gasteiger partial charge in [0.2, 0.25) is 5.91 Å². The van der Waals surface area contributed by atoms with E-state index in [1.807, 2.05) is 36.4 Å². The molecule has 0 bridgehead atoms. The summed E-state index contributed by atoms with van der Waals surface area (Å²) >= 11 is 3.43. The fourth-order valence-electron chi connectivity index (χ4n) is 2.72. The molecule has 0 fully saturated rings. The van der Waals surface area contributed by atoms with Crippen LogP contribution in [0.15, 0.2) is 48.5 Å². The zero-order valence-corrected chi connectivity index (χ0v) is 12.7. The van der Waals surface area contributed by atoms with Gasteiger partial charge in [-0.15, -0.1) is 0 Å². The summed E-state index contributed by atoms with van der Waals surface area (Å²) in [5, 5.41) is 3.83. The second kappa shape index (κ2) is 5.80. The maximum Gasteiger partial charge on any atom is 0.228 e. The molecule has 0 spiro atoms. The Morgan fingerprint density at radius 3 is 2.45 bits per heavy atom. The fraction of sp³-hybridized carbons (Fsp3) is 0.235.